The average molecular weight is 424 g/mol. The standard InChI is InChI=1S/C21H20N4O4S/c1-12-17(20(27)29-4)18(14-5-7-15(28-3)8-6-14)25-19(26)16(30-21(25)23-12)9-13-10-22-24(2)11-13/h5-11,18H,1-4H3/b16-9-. The highest BCUT2D eigenvalue weighted by Gasteiger charge is 2.33. The van der Waals surface area contributed by atoms with Gasteiger partial charge in [0.25, 0.3) is 5.56 Å². The SMILES string of the molecule is COC(=O)C1=C(C)N=c2s/c(=C\c3cnn(C)c3)c(=O)n2C1c1ccc(OC)cc1. The first-order valence-electron chi connectivity index (χ1n) is 9.16. The highest BCUT2D eigenvalue weighted by atomic mass is 32.1. The lowest BCUT2D eigenvalue weighted by atomic mass is 9.96. The van der Waals surface area contributed by atoms with Gasteiger partial charge in [-0.15, -0.1) is 0 Å². The third-order valence-corrected chi connectivity index (χ3v) is 5.86. The molecule has 154 valence electrons. The number of aromatic nitrogens is 3. The zero-order chi connectivity index (χ0) is 21.4. The van der Waals surface area contributed by atoms with E-state index < -0.39 is 12.0 Å². The van der Waals surface area contributed by atoms with E-state index in [4.69, 9.17) is 9.47 Å². The van der Waals surface area contributed by atoms with Crippen LogP contribution in [0.15, 0.2) is 57.7 Å². The molecule has 3 aromatic rings. The molecule has 1 aliphatic heterocycles. The number of thiazole rings is 1. The number of rotatable bonds is 4. The van der Waals surface area contributed by atoms with Gasteiger partial charge in [0.2, 0.25) is 0 Å². The molecule has 2 aromatic heterocycles. The zero-order valence-electron chi connectivity index (χ0n) is 16.9. The summed E-state index contributed by atoms with van der Waals surface area (Å²) >= 11 is 1.28. The van der Waals surface area contributed by atoms with Gasteiger partial charge in [-0.2, -0.15) is 5.10 Å². The van der Waals surface area contributed by atoms with Gasteiger partial charge in [-0.3, -0.25) is 14.0 Å². The zero-order valence-corrected chi connectivity index (χ0v) is 17.8. The van der Waals surface area contributed by atoms with E-state index in [0.717, 1.165) is 11.1 Å². The van der Waals surface area contributed by atoms with Crippen LogP contribution in [0.25, 0.3) is 6.08 Å². The van der Waals surface area contributed by atoms with Crippen LogP contribution < -0.4 is 19.6 Å². The summed E-state index contributed by atoms with van der Waals surface area (Å²) in [5.74, 6) is 0.168. The Bertz CT molecular complexity index is 1330. The molecule has 8 nitrogen and oxygen atoms in total. The number of nitrogens with zero attached hydrogens (tertiary/aromatic N) is 4. The maximum Gasteiger partial charge on any atom is 0.338 e. The summed E-state index contributed by atoms with van der Waals surface area (Å²) in [5.41, 5.74) is 2.21. The molecule has 1 atom stereocenters. The van der Waals surface area contributed by atoms with Crippen molar-refractivity contribution in [2.45, 2.75) is 13.0 Å². The second-order valence-electron chi connectivity index (χ2n) is 6.79. The summed E-state index contributed by atoms with van der Waals surface area (Å²) in [5, 5.41) is 4.14. The number of hydrogen-bond donors (Lipinski definition) is 0. The Kier molecular flexibility index (Phi) is 5.13. The van der Waals surface area contributed by atoms with Gasteiger partial charge in [0, 0.05) is 18.8 Å². The molecule has 0 amide bonds. The van der Waals surface area contributed by atoms with Crippen molar-refractivity contribution in [1.29, 1.82) is 0 Å². The molecular weight excluding hydrogens is 404 g/mol. The van der Waals surface area contributed by atoms with Crippen LogP contribution in [0.2, 0.25) is 0 Å². The minimum atomic E-state index is -0.643. The maximum absolute atomic E-state index is 13.4. The van der Waals surface area contributed by atoms with Crippen molar-refractivity contribution in [3.8, 4) is 5.75 Å². The van der Waals surface area contributed by atoms with Crippen molar-refractivity contribution < 1.29 is 14.3 Å². The average Bonchev–Trinajstić information content (AvgIpc) is 3.29. The summed E-state index contributed by atoms with van der Waals surface area (Å²) in [6.45, 7) is 1.75. The minimum absolute atomic E-state index is 0.225. The topological polar surface area (TPSA) is 87.7 Å². The molecule has 30 heavy (non-hydrogen) atoms. The van der Waals surface area contributed by atoms with Gasteiger partial charge in [0.15, 0.2) is 4.80 Å². The first kappa shape index (κ1) is 19.8. The second kappa shape index (κ2) is 7.75. The fourth-order valence-corrected chi connectivity index (χ4v) is 4.51. The molecule has 1 aromatic carbocycles. The normalized spacial score (nSPS) is 16.3. The van der Waals surface area contributed by atoms with Crippen molar-refractivity contribution >= 4 is 23.4 Å². The predicted octanol–water partition coefficient (Wildman–Crippen LogP) is 1.15. The third kappa shape index (κ3) is 3.37. The lowest BCUT2D eigenvalue weighted by Crippen LogP contribution is -2.39. The Morgan fingerprint density at radius 1 is 1.23 bits per heavy atom. The van der Waals surface area contributed by atoms with Gasteiger partial charge in [-0.05, 0) is 30.7 Å². The Labute approximate surface area is 176 Å². The van der Waals surface area contributed by atoms with Crippen molar-refractivity contribution in [3.05, 3.63) is 78.7 Å². The Morgan fingerprint density at radius 3 is 2.57 bits per heavy atom. The Balaban J connectivity index is 1.96. The van der Waals surface area contributed by atoms with Gasteiger partial charge in [0.1, 0.15) is 5.75 Å². The van der Waals surface area contributed by atoms with E-state index in [1.807, 2.05) is 25.4 Å². The van der Waals surface area contributed by atoms with Crippen LogP contribution in [0.3, 0.4) is 0 Å². The molecule has 0 bridgehead atoms. The van der Waals surface area contributed by atoms with Crippen LogP contribution in [-0.2, 0) is 16.6 Å². The number of aryl methyl sites for hydroxylation is 1. The number of carbonyl (C=O) groups excluding carboxylic acids is 1. The summed E-state index contributed by atoms with van der Waals surface area (Å²) < 4.78 is 14.0. The molecule has 0 radical (unpaired) electrons. The fourth-order valence-electron chi connectivity index (χ4n) is 3.46. The van der Waals surface area contributed by atoms with Crippen molar-refractivity contribution in [2.24, 2.45) is 12.0 Å². The molecule has 4 rings (SSSR count). The van der Waals surface area contributed by atoms with Gasteiger partial charge in [-0.1, -0.05) is 23.5 Å². The molecule has 0 fully saturated rings. The Hall–Kier alpha value is -3.46. The van der Waals surface area contributed by atoms with Gasteiger partial charge in [-0.25, -0.2) is 9.79 Å². The van der Waals surface area contributed by atoms with E-state index in [1.54, 1.807) is 47.7 Å². The van der Waals surface area contributed by atoms with E-state index >= 15 is 0 Å². The number of ether oxygens (including phenoxy) is 2. The first-order valence-corrected chi connectivity index (χ1v) is 9.98. The van der Waals surface area contributed by atoms with E-state index in [9.17, 15) is 9.59 Å². The molecule has 0 N–H and O–H groups in total. The van der Waals surface area contributed by atoms with Gasteiger partial charge >= 0.3 is 5.97 Å². The highest BCUT2D eigenvalue weighted by molar-refractivity contribution is 7.07. The van der Waals surface area contributed by atoms with E-state index in [1.165, 1.54) is 18.4 Å². The molecule has 9 heteroatoms. The molecule has 0 saturated carbocycles. The van der Waals surface area contributed by atoms with Gasteiger partial charge < -0.3 is 9.47 Å². The van der Waals surface area contributed by atoms with E-state index in [-0.39, 0.29) is 5.56 Å². The van der Waals surface area contributed by atoms with Crippen LogP contribution in [0.1, 0.15) is 24.1 Å². The molecule has 1 unspecified atom stereocenters. The largest absolute Gasteiger partial charge is 0.497 e. The number of esters is 1. The summed E-state index contributed by atoms with van der Waals surface area (Å²) in [6, 6.07) is 6.62. The number of carbonyl (C=O) groups is 1. The van der Waals surface area contributed by atoms with Crippen molar-refractivity contribution in [2.75, 3.05) is 14.2 Å². The fraction of sp³-hybridized carbons (Fsp3) is 0.238. The number of benzene rings is 1. The quantitative estimate of drug-likeness (QED) is 0.587. The van der Waals surface area contributed by atoms with Crippen LogP contribution in [0, 0.1) is 0 Å². The Morgan fingerprint density at radius 2 is 1.97 bits per heavy atom. The number of methoxy groups -OCH3 is 2. The molecule has 1 aliphatic rings. The highest BCUT2D eigenvalue weighted by Crippen LogP contribution is 2.31. The third-order valence-electron chi connectivity index (χ3n) is 4.88. The van der Waals surface area contributed by atoms with Crippen LogP contribution in [-0.4, -0.2) is 34.5 Å². The van der Waals surface area contributed by atoms with E-state index in [2.05, 4.69) is 10.1 Å². The molecule has 0 saturated heterocycles. The maximum atomic E-state index is 13.4. The lowest BCUT2D eigenvalue weighted by molar-refractivity contribution is -0.136. The summed E-state index contributed by atoms with van der Waals surface area (Å²) in [7, 11) is 4.72. The second-order valence-corrected chi connectivity index (χ2v) is 7.80. The van der Waals surface area contributed by atoms with Crippen molar-refractivity contribution in [3.63, 3.8) is 0 Å². The van der Waals surface area contributed by atoms with Crippen molar-refractivity contribution in [1.82, 2.24) is 14.3 Å². The van der Waals surface area contributed by atoms with Gasteiger partial charge in [0.05, 0.1) is 42.3 Å². The van der Waals surface area contributed by atoms with Crippen LogP contribution in [0.4, 0.5) is 0 Å². The first-order chi connectivity index (χ1) is 14.4. The molecule has 0 aliphatic carbocycles. The van der Waals surface area contributed by atoms with Crippen LogP contribution >= 0.6 is 11.3 Å². The molecular formula is C21H20N4O4S. The predicted molar refractivity (Wildman–Crippen MR) is 112 cm³/mol. The molecule has 3 heterocycles. The smallest absolute Gasteiger partial charge is 0.338 e. The lowest BCUT2D eigenvalue weighted by Gasteiger charge is -2.24. The van der Waals surface area contributed by atoms with E-state index in [0.29, 0.717) is 26.4 Å². The molecule has 0 spiro atoms. The minimum Gasteiger partial charge on any atom is -0.497 e. The summed E-state index contributed by atoms with van der Waals surface area (Å²) in [4.78, 5) is 31.0. The monoisotopic (exact) mass is 424 g/mol. The number of hydrogen-bond acceptors (Lipinski definition) is 7. The number of allylic oxidation sites excluding steroid dienone is 1. The number of fused-ring (bicyclic) bond motifs is 1. The summed E-state index contributed by atoms with van der Waals surface area (Å²) in [6.07, 6.45) is 5.29. The van der Waals surface area contributed by atoms with Crippen LogP contribution in [0.5, 0.6) is 5.75 Å².